The molecular formula is C10H12N2O3. The Bertz CT molecular complexity index is 342. The highest BCUT2D eigenvalue weighted by Gasteiger charge is 2.30. The Labute approximate surface area is 87.1 Å². The molecule has 1 aromatic heterocycles. The van der Waals surface area contributed by atoms with Gasteiger partial charge in [0, 0.05) is 25.4 Å². The van der Waals surface area contributed by atoms with Crippen LogP contribution in [0.5, 0.6) is 5.75 Å². The van der Waals surface area contributed by atoms with E-state index in [1.807, 2.05) is 0 Å². The van der Waals surface area contributed by atoms with Crippen LogP contribution >= 0.6 is 0 Å². The predicted molar refractivity (Wildman–Crippen MR) is 52.7 cm³/mol. The van der Waals surface area contributed by atoms with Gasteiger partial charge in [0.05, 0.1) is 0 Å². The quantitative estimate of drug-likeness (QED) is 0.746. The molecule has 2 N–H and O–H groups in total. The molecule has 0 saturated carbocycles. The minimum atomic E-state index is -0.823. The van der Waals surface area contributed by atoms with Crippen LogP contribution in [0.15, 0.2) is 24.5 Å². The van der Waals surface area contributed by atoms with Gasteiger partial charge in [-0.25, -0.2) is 0 Å². The summed E-state index contributed by atoms with van der Waals surface area (Å²) < 4.78 is 5.59. The van der Waals surface area contributed by atoms with Crippen LogP contribution in [0, 0.1) is 0 Å². The molecule has 1 aromatic rings. The van der Waals surface area contributed by atoms with Crippen LogP contribution < -0.4 is 10.1 Å². The minimum absolute atomic E-state index is 0.0755. The van der Waals surface area contributed by atoms with Crippen molar-refractivity contribution in [2.24, 2.45) is 0 Å². The van der Waals surface area contributed by atoms with Crippen molar-refractivity contribution in [1.82, 2.24) is 10.3 Å². The second-order valence-electron chi connectivity index (χ2n) is 3.46. The Morgan fingerprint density at radius 2 is 2.27 bits per heavy atom. The molecule has 0 unspecified atom stereocenters. The first-order valence-corrected chi connectivity index (χ1v) is 4.78. The van der Waals surface area contributed by atoms with Gasteiger partial charge in [-0.15, -0.1) is 0 Å². The molecule has 0 bridgehead atoms. The van der Waals surface area contributed by atoms with Crippen molar-refractivity contribution in [2.45, 2.75) is 18.6 Å². The molecule has 0 radical (unpaired) electrons. The first kappa shape index (κ1) is 9.92. The average molecular weight is 208 g/mol. The highest BCUT2D eigenvalue weighted by molar-refractivity contribution is 5.73. The normalized spacial score (nSPS) is 25.1. The molecule has 1 fully saturated rings. The zero-order valence-electron chi connectivity index (χ0n) is 8.09. The molecule has 0 aromatic carbocycles. The summed E-state index contributed by atoms with van der Waals surface area (Å²) in [7, 11) is 0. The van der Waals surface area contributed by atoms with Crippen LogP contribution in [0.2, 0.25) is 0 Å². The van der Waals surface area contributed by atoms with Crippen LogP contribution in [0.4, 0.5) is 0 Å². The van der Waals surface area contributed by atoms with E-state index in [1.165, 1.54) is 0 Å². The summed E-state index contributed by atoms with van der Waals surface area (Å²) in [6.07, 6.45) is 3.71. The molecule has 80 valence electrons. The zero-order chi connectivity index (χ0) is 10.7. The third kappa shape index (κ3) is 2.44. The van der Waals surface area contributed by atoms with Gasteiger partial charge in [-0.3, -0.25) is 9.78 Å². The lowest BCUT2D eigenvalue weighted by Gasteiger charge is -2.11. The second-order valence-corrected chi connectivity index (χ2v) is 3.46. The molecule has 0 aliphatic carbocycles. The molecule has 0 amide bonds. The zero-order valence-corrected chi connectivity index (χ0v) is 8.09. The van der Waals surface area contributed by atoms with Crippen LogP contribution in [0.1, 0.15) is 6.42 Å². The summed E-state index contributed by atoms with van der Waals surface area (Å²) in [5, 5.41) is 11.7. The van der Waals surface area contributed by atoms with Gasteiger partial charge in [-0.05, 0) is 12.1 Å². The first-order chi connectivity index (χ1) is 7.25. The molecule has 0 spiro atoms. The number of aliphatic carboxylic acids is 1. The maximum Gasteiger partial charge on any atom is 0.320 e. The SMILES string of the molecule is O=C(O)[C@H]1C[C@@H](Oc2ccncc2)CN1. The Morgan fingerprint density at radius 1 is 1.53 bits per heavy atom. The summed E-state index contributed by atoms with van der Waals surface area (Å²) in [6, 6.07) is 3.03. The fourth-order valence-electron chi connectivity index (χ4n) is 1.59. The highest BCUT2D eigenvalue weighted by Crippen LogP contribution is 2.15. The molecule has 5 nitrogen and oxygen atoms in total. The van der Waals surface area contributed by atoms with Gasteiger partial charge in [0.15, 0.2) is 0 Å². The number of carbonyl (C=O) groups is 1. The van der Waals surface area contributed by atoms with E-state index in [-0.39, 0.29) is 6.10 Å². The number of rotatable bonds is 3. The number of aromatic nitrogens is 1. The first-order valence-electron chi connectivity index (χ1n) is 4.78. The lowest BCUT2D eigenvalue weighted by Crippen LogP contribution is -2.30. The molecule has 5 heteroatoms. The van der Waals surface area contributed by atoms with Crippen LogP contribution in [-0.4, -0.2) is 34.8 Å². The van der Waals surface area contributed by atoms with E-state index in [9.17, 15) is 4.79 Å². The number of carboxylic acid groups (broad SMARTS) is 1. The van der Waals surface area contributed by atoms with E-state index in [2.05, 4.69) is 10.3 Å². The van der Waals surface area contributed by atoms with Gasteiger partial charge < -0.3 is 15.2 Å². The summed E-state index contributed by atoms with van der Waals surface area (Å²) in [5.74, 6) is -0.0985. The van der Waals surface area contributed by atoms with Crippen molar-refractivity contribution >= 4 is 5.97 Å². The average Bonchev–Trinajstić information content (AvgIpc) is 2.68. The van der Waals surface area contributed by atoms with E-state index in [4.69, 9.17) is 9.84 Å². The van der Waals surface area contributed by atoms with Crippen LogP contribution in [0.25, 0.3) is 0 Å². The summed E-state index contributed by atoms with van der Waals surface area (Å²) in [4.78, 5) is 14.5. The van der Waals surface area contributed by atoms with Gasteiger partial charge in [0.25, 0.3) is 0 Å². The number of nitrogens with zero attached hydrogens (tertiary/aromatic N) is 1. The number of hydrogen-bond acceptors (Lipinski definition) is 4. The number of nitrogens with one attached hydrogen (secondary N) is 1. The number of ether oxygens (including phenoxy) is 1. The highest BCUT2D eigenvalue weighted by atomic mass is 16.5. The van der Waals surface area contributed by atoms with E-state index >= 15 is 0 Å². The Morgan fingerprint density at radius 3 is 2.87 bits per heavy atom. The molecule has 2 heterocycles. The van der Waals surface area contributed by atoms with Gasteiger partial charge in [-0.2, -0.15) is 0 Å². The summed E-state index contributed by atoms with van der Waals surface area (Å²) >= 11 is 0. The molecule has 15 heavy (non-hydrogen) atoms. The maximum atomic E-state index is 10.7. The van der Waals surface area contributed by atoms with Crippen LogP contribution in [0.3, 0.4) is 0 Å². The fraction of sp³-hybridized carbons (Fsp3) is 0.400. The van der Waals surface area contributed by atoms with E-state index in [0.29, 0.717) is 13.0 Å². The summed E-state index contributed by atoms with van der Waals surface area (Å²) in [6.45, 7) is 0.569. The maximum absolute atomic E-state index is 10.7. The van der Waals surface area contributed by atoms with E-state index in [0.717, 1.165) is 5.75 Å². The smallest absolute Gasteiger partial charge is 0.320 e. The van der Waals surface area contributed by atoms with E-state index < -0.39 is 12.0 Å². The lowest BCUT2D eigenvalue weighted by molar-refractivity contribution is -0.139. The van der Waals surface area contributed by atoms with Gasteiger partial charge >= 0.3 is 5.97 Å². The summed E-state index contributed by atoms with van der Waals surface area (Å²) in [5.41, 5.74) is 0. The Hall–Kier alpha value is -1.62. The molecule has 2 atom stereocenters. The molecule has 1 aliphatic rings. The Balaban J connectivity index is 1.90. The molecule has 1 aliphatic heterocycles. The monoisotopic (exact) mass is 208 g/mol. The number of pyridine rings is 1. The van der Waals surface area contributed by atoms with Crippen molar-refractivity contribution in [3.63, 3.8) is 0 Å². The molecule has 2 rings (SSSR count). The van der Waals surface area contributed by atoms with Gasteiger partial charge in [0.1, 0.15) is 17.9 Å². The third-order valence-electron chi connectivity index (χ3n) is 2.34. The van der Waals surface area contributed by atoms with Crippen molar-refractivity contribution in [3.8, 4) is 5.75 Å². The third-order valence-corrected chi connectivity index (χ3v) is 2.34. The van der Waals surface area contributed by atoms with Crippen LogP contribution in [-0.2, 0) is 4.79 Å². The Kier molecular flexibility index (Phi) is 2.82. The lowest BCUT2D eigenvalue weighted by atomic mass is 10.2. The topological polar surface area (TPSA) is 71.5 Å². The number of hydrogen-bond donors (Lipinski definition) is 2. The largest absolute Gasteiger partial charge is 0.489 e. The fourth-order valence-corrected chi connectivity index (χ4v) is 1.59. The molecular weight excluding hydrogens is 196 g/mol. The van der Waals surface area contributed by atoms with Crippen molar-refractivity contribution < 1.29 is 14.6 Å². The number of carboxylic acids is 1. The second kappa shape index (κ2) is 4.27. The van der Waals surface area contributed by atoms with Crippen molar-refractivity contribution in [2.75, 3.05) is 6.54 Å². The molecule has 1 saturated heterocycles. The van der Waals surface area contributed by atoms with Crippen molar-refractivity contribution in [3.05, 3.63) is 24.5 Å². The predicted octanol–water partition coefficient (Wildman–Crippen LogP) is 0.276. The van der Waals surface area contributed by atoms with Gasteiger partial charge in [0.2, 0.25) is 0 Å². The standard InChI is InChI=1S/C10H12N2O3/c13-10(14)9-5-8(6-12-9)15-7-1-3-11-4-2-7/h1-4,8-9,12H,5-6H2,(H,13,14)/t8-,9-/m1/s1. The minimum Gasteiger partial charge on any atom is -0.489 e. The van der Waals surface area contributed by atoms with Crippen molar-refractivity contribution in [1.29, 1.82) is 0 Å². The van der Waals surface area contributed by atoms with Gasteiger partial charge in [-0.1, -0.05) is 0 Å². The van der Waals surface area contributed by atoms with E-state index in [1.54, 1.807) is 24.5 Å².